The SMILES string of the molecule is Cc1cc(-c2nc(CCCC3CCN(C)CC3)no2)cc2c1C(=O)N(Cc1ccc(OC(F)(F)F)cc1)C2. The predicted molar refractivity (Wildman–Crippen MR) is 134 cm³/mol. The second kappa shape index (κ2) is 10.8. The minimum absolute atomic E-state index is 0.111. The Balaban J connectivity index is 1.21. The smallest absolute Gasteiger partial charge is 0.406 e. The third kappa shape index (κ3) is 6.18. The van der Waals surface area contributed by atoms with Gasteiger partial charge in [-0.15, -0.1) is 13.2 Å². The molecule has 1 aromatic heterocycles. The molecule has 0 aliphatic carbocycles. The number of carbonyl (C=O) groups excluding carboxylic acids is 1. The summed E-state index contributed by atoms with van der Waals surface area (Å²) in [5.41, 5.74) is 3.81. The van der Waals surface area contributed by atoms with E-state index in [-0.39, 0.29) is 18.2 Å². The van der Waals surface area contributed by atoms with Gasteiger partial charge in [0.25, 0.3) is 11.8 Å². The second-order valence-corrected chi connectivity index (χ2v) is 10.3. The van der Waals surface area contributed by atoms with E-state index in [1.54, 1.807) is 4.90 Å². The van der Waals surface area contributed by atoms with Crippen molar-refractivity contribution in [3.63, 3.8) is 0 Å². The minimum Gasteiger partial charge on any atom is -0.406 e. The maximum Gasteiger partial charge on any atom is 0.573 e. The highest BCUT2D eigenvalue weighted by Crippen LogP contribution is 2.32. The molecule has 2 aliphatic heterocycles. The normalized spacial score (nSPS) is 16.8. The number of hydrogen-bond acceptors (Lipinski definition) is 6. The van der Waals surface area contributed by atoms with Crippen LogP contribution in [0.25, 0.3) is 11.5 Å². The molecule has 5 rings (SSSR count). The lowest BCUT2D eigenvalue weighted by Crippen LogP contribution is -2.30. The Hall–Kier alpha value is -3.40. The topological polar surface area (TPSA) is 71.7 Å². The summed E-state index contributed by atoms with van der Waals surface area (Å²) in [5.74, 6) is 1.50. The van der Waals surface area contributed by atoms with Crippen molar-refractivity contribution >= 4 is 5.91 Å². The number of piperidine rings is 1. The van der Waals surface area contributed by atoms with Gasteiger partial charge in [0.2, 0.25) is 0 Å². The van der Waals surface area contributed by atoms with Crippen molar-refractivity contribution in [1.82, 2.24) is 19.9 Å². The Labute approximate surface area is 219 Å². The fraction of sp³-hybridized carbons (Fsp3) is 0.464. The standard InChI is InChI=1S/C28H31F3N4O3/c1-18-14-21(26-32-24(33-38-26)5-3-4-19-10-12-34(2)13-11-19)15-22-17-35(27(36)25(18)22)16-20-6-8-23(9-7-20)37-28(29,30)31/h6-9,14-15,19H,3-5,10-13,16-17H2,1-2H3. The number of ether oxygens (including phenoxy) is 1. The minimum atomic E-state index is -4.74. The fourth-order valence-corrected chi connectivity index (χ4v) is 5.37. The van der Waals surface area contributed by atoms with Crippen molar-refractivity contribution in [2.45, 2.75) is 58.5 Å². The lowest BCUT2D eigenvalue weighted by atomic mass is 9.92. The van der Waals surface area contributed by atoms with Gasteiger partial charge in [0, 0.05) is 30.6 Å². The zero-order valence-electron chi connectivity index (χ0n) is 21.6. The molecule has 1 amide bonds. The van der Waals surface area contributed by atoms with Gasteiger partial charge < -0.3 is 19.1 Å². The predicted octanol–water partition coefficient (Wildman–Crippen LogP) is 5.76. The van der Waals surface area contributed by atoms with E-state index in [0.717, 1.165) is 48.5 Å². The van der Waals surface area contributed by atoms with Crippen LogP contribution in [0.3, 0.4) is 0 Å². The molecule has 0 bridgehead atoms. The van der Waals surface area contributed by atoms with Crippen LogP contribution in [0.15, 0.2) is 40.9 Å². The first kappa shape index (κ1) is 26.2. The molecule has 1 fully saturated rings. The van der Waals surface area contributed by atoms with Crippen LogP contribution in [0.5, 0.6) is 5.75 Å². The zero-order valence-corrected chi connectivity index (χ0v) is 21.6. The lowest BCUT2D eigenvalue weighted by molar-refractivity contribution is -0.274. The molecule has 202 valence electrons. The monoisotopic (exact) mass is 528 g/mol. The Kier molecular flexibility index (Phi) is 7.43. The molecule has 2 aliphatic rings. The average molecular weight is 529 g/mol. The molecule has 0 saturated carbocycles. The Morgan fingerprint density at radius 2 is 1.87 bits per heavy atom. The number of aryl methyl sites for hydroxylation is 2. The summed E-state index contributed by atoms with van der Waals surface area (Å²) in [6.07, 6.45) is 0.731. The molecule has 7 nitrogen and oxygen atoms in total. The van der Waals surface area contributed by atoms with Gasteiger partial charge in [0.05, 0.1) is 0 Å². The average Bonchev–Trinajstić information content (AvgIpc) is 3.45. The summed E-state index contributed by atoms with van der Waals surface area (Å²) < 4.78 is 46.7. The number of halogens is 3. The Bertz CT molecular complexity index is 1280. The molecular weight excluding hydrogens is 497 g/mol. The molecule has 0 unspecified atom stereocenters. The van der Waals surface area contributed by atoms with Gasteiger partial charge in [0.1, 0.15) is 5.75 Å². The second-order valence-electron chi connectivity index (χ2n) is 10.3. The van der Waals surface area contributed by atoms with Gasteiger partial charge in [-0.05, 0) is 99.6 Å². The van der Waals surface area contributed by atoms with E-state index < -0.39 is 6.36 Å². The van der Waals surface area contributed by atoms with Crippen LogP contribution in [0.1, 0.15) is 58.6 Å². The van der Waals surface area contributed by atoms with Crippen molar-refractivity contribution in [2.24, 2.45) is 5.92 Å². The zero-order chi connectivity index (χ0) is 26.9. The first-order chi connectivity index (χ1) is 18.1. The third-order valence-electron chi connectivity index (χ3n) is 7.38. The van der Waals surface area contributed by atoms with E-state index in [4.69, 9.17) is 4.52 Å². The van der Waals surface area contributed by atoms with E-state index in [1.807, 2.05) is 19.1 Å². The lowest BCUT2D eigenvalue weighted by Gasteiger charge is -2.28. The van der Waals surface area contributed by atoms with Crippen LogP contribution in [0.2, 0.25) is 0 Å². The number of aromatic nitrogens is 2. The molecule has 10 heteroatoms. The molecular formula is C28H31F3N4O3. The van der Waals surface area contributed by atoms with Crippen molar-refractivity contribution in [1.29, 1.82) is 0 Å². The van der Waals surface area contributed by atoms with Crippen molar-refractivity contribution in [2.75, 3.05) is 20.1 Å². The molecule has 0 atom stereocenters. The summed E-state index contributed by atoms with van der Waals surface area (Å²) in [4.78, 5) is 21.7. The highest BCUT2D eigenvalue weighted by Gasteiger charge is 2.32. The van der Waals surface area contributed by atoms with E-state index in [2.05, 4.69) is 26.8 Å². The van der Waals surface area contributed by atoms with Crippen molar-refractivity contribution in [3.8, 4) is 17.2 Å². The van der Waals surface area contributed by atoms with Crippen LogP contribution in [0, 0.1) is 12.8 Å². The fourth-order valence-electron chi connectivity index (χ4n) is 5.37. The van der Waals surface area contributed by atoms with Crippen molar-refractivity contribution in [3.05, 3.63) is 64.5 Å². The summed E-state index contributed by atoms with van der Waals surface area (Å²) >= 11 is 0. The number of likely N-dealkylation sites (tertiary alicyclic amines) is 1. The molecule has 1 saturated heterocycles. The summed E-state index contributed by atoms with van der Waals surface area (Å²) in [6.45, 7) is 4.87. The van der Waals surface area contributed by atoms with Gasteiger partial charge >= 0.3 is 6.36 Å². The number of benzene rings is 2. The Morgan fingerprint density at radius 1 is 1.13 bits per heavy atom. The largest absolute Gasteiger partial charge is 0.573 e. The number of fused-ring (bicyclic) bond motifs is 1. The van der Waals surface area contributed by atoms with Crippen LogP contribution in [-0.2, 0) is 19.5 Å². The van der Waals surface area contributed by atoms with Gasteiger partial charge in [-0.2, -0.15) is 4.98 Å². The maximum atomic E-state index is 13.1. The van der Waals surface area contributed by atoms with Gasteiger partial charge in [0.15, 0.2) is 5.82 Å². The molecule has 3 aromatic rings. The first-order valence-electron chi connectivity index (χ1n) is 12.9. The highest BCUT2D eigenvalue weighted by molar-refractivity contribution is 6.00. The molecule has 0 radical (unpaired) electrons. The third-order valence-corrected chi connectivity index (χ3v) is 7.38. The van der Waals surface area contributed by atoms with E-state index in [9.17, 15) is 18.0 Å². The van der Waals surface area contributed by atoms with Crippen LogP contribution in [-0.4, -0.2) is 52.3 Å². The first-order valence-corrected chi connectivity index (χ1v) is 12.9. The summed E-state index contributed by atoms with van der Waals surface area (Å²) in [5, 5.41) is 4.17. The molecule has 0 N–H and O–H groups in total. The quantitative estimate of drug-likeness (QED) is 0.370. The number of carbonyl (C=O) groups is 1. The highest BCUT2D eigenvalue weighted by atomic mass is 19.4. The van der Waals surface area contributed by atoms with Gasteiger partial charge in [-0.1, -0.05) is 17.3 Å². The van der Waals surface area contributed by atoms with E-state index in [0.29, 0.717) is 29.4 Å². The summed E-state index contributed by atoms with van der Waals surface area (Å²) in [7, 11) is 2.17. The maximum absolute atomic E-state index is 13.1. The van der Waals surface area contributed by atoms with Gasteiger partial charge in [-0.25, -0.2) is 0 Å². The molecule has 38 heavy (non-hydrogen) atoms. The van der Waals surface area contributed by atoms with Crippen LogP contribution >= 0.6 is 0 Å². The number of amides is 1. The van der Waals surface area contributed by atoms with Crippen LogP contribution < -0.4 is 4.74 Å². The van der Waals surface area contributed by atoms with Crippen molar-refractivity contribution < 1.29 is 27.2 Å². The number of alkyl halides is 3. The van der Waals surface area contributed by atoms with E-state index in [1.165, 1.54) is 43.5 Å². The Morgan fingerprint density at radius 3 is 2.58 bits per heavy atom. The molecule has 2 aromatic carbocycles. The number of nitrogens with zero attached hydrogens (tertiary/aromatic N) is 4. The summed E-state index contributed by atoms with van der Waals surface area (Å²) in [6, 6.07) is 9.36. The number of hydrogen-bond donors (Lipinski definition) is 0. The molecule has 0 spiro atoms. The molecule has 3 heterocycles. The van der Waals surface area contributed by atoms with E-state index >= 15 is 0 Å². The van der Waals surface area contributed by atoms with Crippen LogP contribution in [0.4, 0.5) is 13.2 Å². The van der Waals surface area contributed by atoms with Gasteiger partial charge in [-0.3, -0.25) is 4.79 Å². The number of rotatable bonds is 8.